The Kier molecular flexibility index (Phi) is 2.60. The maximum absolute atomic E-state index is 2.37. The van der Waals surface area contributed by atoms with Crippen LogP contribution in [0, 0.1) is 6.92 Å². The lowest BCUT2D eigenvalue weighted by Gasteiger charge is -2.05. The minimum Gasteiger partial charge on any atom is -0.141 e. The minimum absolute atomic E-state index is 1.15. The predicted molar refractivity (Wildman–Crippen MR) is 65.3 cm³/mol. The van der Waals surface area contributed by atoms with Crippen molar-refractivity contribution in [3.8, 4) is 0 Å². The molecule has 0 spiro atoms. The van der Waals surface area contributed by atoms with E-state index in [1.54, 1.807) is 0 Å². The first-order valence-corrected chi connectivity index (χ1v) is 6.08. The lowest BCUT2D eigenvalue weighted by molar-refractivity contribution is 1.04. The molecule has 1 aromatic carbocycles. The maximum Gasteiger partial charge on any atom is 0.0348 e. The van der Waals surface area contributed by atoms with Crippen LogP contribution in [0.3, 0.4) is 0 Å². The number of thiophene rings is 1. The van der Waals surface area contributed by atoms with Gasteiger partial charge in [0, 0.05) is 9.58 Å². The van der Waals surface area contributed by atoms with Gasteiger partial charge in [-0.15, -0.1) is 11.3 Å². The van der Waals surface area contributed by atoms with Crippen molar-refractivity contribution in [2.45, 2.75) is 33.6 Å². The van der Waals surface area contributed by atoms with Crippen molar-refractivity contribution < 1.29 is 0 Å². The summed E-state index contributed by atoms with van der Waals surface area (Å²) in [4.78, 5) is 1.41. The zero-order valence-electron chi connectivity index (χ0n) is 9.05. The Balaban J connectivity index is 2.68. The first kappa shape index (κ1) is 9.72. The molecule has 0 nitrogen and oxygen atoms in total. The molecular weight excluding hydrogens is 188 g/mol. The van der Waals surface area contributed by atoms with E-state index in [0.29, 0.717) is 0 Å². The van der Waals surface area contributed by atoms with Crippen molar-refractivity contribution in [3.05, 3.63) is 34.2 Å². The lowest BCUT2D eigenvalue weighted by Crippen LogP contribution is -1.89. The number of rotatable bonds is 2. The monoisotopic (exact) mass is 204 g/mol. The van der Waals surface area contributed by atoms with E-state index >= 15 is 0 Å². The maximum atomic E-state index is 2.37. The van der Waals surface area contributed by atoms with Crippen molar-refractivity contribution >= 4 is 21.4 Å². The highest BCUT2D eigenvalue weighted by molar-refractivity contribution is 7.19. The average Bonchev–Trinajstić information content (AvgIpc) is 2.54. The normalized spacial score (nSPS) is 11.1. The van der Waals surface area contributed by atoms with Gasteiger partial charge in [-0.3, -0.25) is 0 Å². The van der Waals surface area contributed by atoms with Crippen LogP contribution in [0.15, 0.2) is 18.2 Å². The largest absolute Gasteiger partial charge is 0.141 e. The number of benzene rings is 1. The number of hydrogen-bond donors (Lipinski definition) is 0. The van der Waals surface area contributed by atoms with Crippen LogP contribution in [0.5, 0.6) is 0 Å². The molecule has 0 radical (unpaired) electrons. The summed E-state index contributed by atoms with van der Waals surface area (Å²) >= 11 is 1.90. The molecule has 1 heterocycles. The Morgan fingerprint density at radius 1 is 1.00 bits per heavy atom. The van der Waals surface area contributed by atoms with Gasteiger partial charge in [0.05, 0.1) is 0 Å². The van der Waals surface area contributed by atoms with Crippen molar-refractivity contribution in [1.29, 1.82) is 0 Å². The van der Waals surface area contributed by atoms with Crippen LogP contribution >= 0.6 is 11.3 Å². The standard InChI is InChI=1S/C13H16S/c1-4-10-7-12-6-9(3)14-13(12)8-11(10)5-2/h6-8H,4-5H2,1-3H3. The molecule has 74 valence electrons. The summed E-state index contributed by atoms with van der Waals surface area (Å²) < 4.78 is 1.44. The van der Waals surface area contributed by atoms with Crippen LogP contribution in [-0.4, -0.2) is 0 Å². The smallest absolute Gasteiger partial charge is 0.0348 e. The van der Waals surface area contributed by atoms with Crippen molar-refractivity contribution in [2.75, 3.05) is 0 Å². The van der Waals surface area contributed by atoms with Crippen LogP contribution in [0.4, 0.5) is 0 Å². The summed E-state index contributed by atoms with van der Waals surface area (Å²) in [5.41, 5.74) is 3.03. The Bertz CT molecular complexity index is 410. The van der Waals surface area contributed by atoms with E-state index in [-0.39, 0.29) is 0 Å². The van der Waals surface area contributed by atoms with Gasteiger partial charge >= 0.3 is 0 Å². The third-order valence-corrected chi connectivity index (χ3v) is 3.74. The van der Waals surface area contributed by atoms with Crippen LogP contribution in [0.2, 0.25) is 0 Å². The van der Waals surface area contributed by atoms with E-state index in [0.717, 1.165) is 12.8 Å². The molecule has 2 rings (SSSR count). The second-order valence-electron chi connectivity index (χ2n) is 3.72. The molecule has 0 saturated heterocycles. The van der Waals surface area contributed by atoms with Crippen LogP contribution in [0.25, 0.3) is 10.1 Å². The van der Waals surface area contributed by atoms with Crippen molar-refractivity contribution in [1.82, 2.24) is 0 Å². The number of hydrogen-bond acceptors (Lipinski definition) is 1. The number of aryl methyl sites for hydroxylation is 3. The summed E-state index contributed by atoms with van der Waals surface area (Å²) in [5.74, 6) is 0. The summed E-state index contributed by atoms with van der Waals surface area (Å²) in [6.45, 7) is 6.66. The van der Waals surface area contributed by atoms with E-state index in [4.69, 9.17) is 0 Å². The van der Waals surface area contributed by atoms with E-state index in [2.05, 4.69) is 39.0 Å². The predicted octanol–water partition coefficient (Wildman–Crippen LogP) is 4.33. The SMILES string of the molecule is CCc1cc2cc(C)sc2cc1CC. The highest BCUT2D eigenvalue weighted by Crippen LogP contribution is 2.28. The van der Waals surface area contributed by atoms with Crippen LogP contribution in [-0.2, 0) is 12.8 Å². The second kappa shape index (κ2) is 3.74. The van der Waals surface area contributed by atoms with Crippen molar-refractivity contribution in [3.63, 3.8) is 0 Å². The number of fused-ring (bicyclic) bond motifs is 1. The third-order valence-electron chi connectivity index (χ3n) is 2.72. The lowest BCUT2D eigenvalue weighted by atomic mass is 10.0. The molecule has 14 heavy (non-hydrogen) atoms. The van der Waals surface area contributed by atoms with E-state index in [1.165, 1.54) is 26.1 Å². The van der Waals surface area contributed by atoms with Gasteiger partial charge in [-0.05, 0) is 48.4 Å². The topological polar surface area (TPSA) is 0 Å². The zero-order chi connectivity index (χ0) is 10.1. The Labute approximate surface area is 89.6 Å². The quantitative estimate of drug-likeness (QED) is 0.683. The van der Waals surface area contributed by atoms with Crippen molar-refractivity contribution in [2.24, 2.45) is 0 Å². The highest BCUT2D eigenvalue weighted by Gasteiger charge is 2.04. The Morgan fingerprint density at radius 2 is 1.64 bits per heavy atom. The second-order valence-corrected chi connectivity index (χ2v) is 5.01. The first-order valence-electron chi connectivity index (χ1n) is 5.26. The fraction of sp³-hybridized carbons (Fsp3) is 0.385. The van der Waals surface area contributed by atoms with E-state index in [1.807, 2.05) is 11.3 Å². The summed E-state index contributed by atoms with van der Waals surface area (Å²) in [7, 11) is 0. The molecule has 2 aromatic rings. The molecule has 0 bridgehead atoms. The van der Waals surface area contributed by atoms with Gasteiger partial charge in [0.25, 0.3) is 0 Å². The van der Waals surface area contributed by atoms with Gasteiger partial charge in [0.1, 0.15) is 0 Å². The molecule has 0 saturated carbocycles. The fourth-order valence-electron chi connectivity index (χ4n) is 1.97. The summed E-state index contributed by atoms with van der Waals surface area (Å²) in [6.07, 6.45) is 2.30. The Morgan fingerprint density at radius 3 is 2.29 bits per heavy atom. The molecule has 0 N–H and O–H groups in total. The molecule has 1 heteroatoms. The Hall–Kier alpha value is -0.820. The first-order chi connectivity index (χ1) is 6.74. The molecule has 0 unspecified atom stereocenters. The third kappa shape index (κ3) is 1.57. The highest BCUT2D eigenvalue weighted by atomic mass is 32.1. The molecule has 0 atom stereocenters. The van der Waals surface area contributed by atoms with E-state index < -0.39 is 0 Å². The molecule has 0 aliphatic rings. The average molecular weight is 204 g/mol. The van der Waals surface area contributed by atoms with Gasteiger partial charge in [-0.2, -0.15) is 0 Å². The summed E-state index contributed by atoms with van der Waals surface area (Å²) in [5, 5.41) is 1.42. The van der Waals surface area contributed by atoms with Gasteiger partial charge < -0.3 is 0 Å². The van der Waals surface area contributed by atoms with Gasteiger partial charge in [0.15, 0.2) is 0 Å². The zero-order valence-corrected chi connectivity index (χ0v) is 9.87. The molecule has 0 aliphatic carbocycles. The molecule has 1 aromatic heterocycles. The summed E-state index contributed by atoms with van der Waals surface area (Å²) in [6, 6.07) is 7.02. The van der Waals surface area contributed by atoms with Gasteiger partial charge in [-0.25, -0.2) is 0 Å². The van der Waals surface area contributed by atoms with Crippen LogP contribution < -0.4 is 0 Å². The molecular formula is C13H16S. The van der Waals surface area contributed by atoms with Crippen LogP contribution in [0.1, 0.15) is 29.9 Å². The molecule has 0 aliphatic heterocycles. The van der Waals surface area contributed by atoms with Gasteiger partial charge in [0.2, 0.25) is 0 Å². The molecule has 0 amide bonds. The molecule has 0 fully saturated rings. The fourth-order valence-corrected chi connectivity index (χ4v) is 2.94. The van der Waals surface area contributed by atoms with Gasteiger partial charge in [-0.1, -0.05) is 19.9 Å². The minimum atomic E-state index is 1.15. The van der Waals surface area contributed by atoms with E-state index in [9.17, 15) is 0 Å².